The molecule has 0 aromatic carbocycles. The molecule has 2 rings (SSSR count). The number of aliphatic carboxylic acids is 1. The van der Waals surface area contributed by atoms with Gasteiger partial charge in [0.25, 0.3) is 0 Å². The molecule has 0 aromatic rings. The number of amides is 2. The fraction of sp³-hybridized carbons (Fsp3) is 0.643. The molecular weight excluding hydrogens is 356 g/mol. The molecule has 0 spiro atoms. The van der Waals surface area contributed by atoms with Gasteiger partial charge in [-0.25, -0.2) is 18.0 Å². The average molecular weight is 376 g/mol. The Balaban J connectivity index is 2.22. The highest BCUT2D eigenvalue weighted by molar-refractivity contribution is 7.92. The first-order chi connectivity index (χ1) is 11.5. The quantitative estimate of drug-likeness (QED) is 0.468. The van der Waals surface area contributed by atoms with E-state index >= 15 is 0 Å². The van der Waals surface area contributed by atoms with E-state index in [1.165, 1.54) is 13.8 Å². The van der Waals surface area contributed by atoms with Crippen molar-refractivity contribution in [1.82, 2.24) is 4.90 Å². The third kappa shape index (κ3) is 3.47. The smallest absolute Gasteiger partial charge is 0.404 e. The van der Waals surface area contributed by atoms with E-state index in [2.05, 4.69) is 4.74 Å². The minimum atomic E-state index is -3.83. The molecule has 2 aliphatic rings. The molecule has 1 fully saturated rings. The average Bonchev–Trinajstić information content (AvgIpc) is 2.77. The predicted molar refractivity (Wildman–Crippen MR) is 83.9 cm³/mol. The van der Waals surface area contributed by atoms with Crippen LogP contribution in [-0.2, 0) is 24.2 Å². The summed E-state index contributed by atoms with van der Waals surface area (Å²) in [5.41, 5.74) is 4.55. The Morgan fingerprint density at radius 3 is 2.48 bits per heavy atom. The van der Waals surface area contributed by atoms with Crippen molar-refractivity contribution in [3.05, 3.63) is 11.3 Å². The van der Waals surface area contributed by atoms with Crippen LogP contribution in [0.15, 0.2) is 11.3 Å². The number of aliphatic hydroxyl groups excluding tert-OH is 1. The minimum absolute atomic E-state index is 0.0611. The van der Waals surface area contributed by atoms with Crippen LogP contribution in [0.25, 0.3) is 0 Å². The first kappa shape index (κ1) is 19.2. The number of nitrogens with two attached hydrogens (primary N) is 1. The van der Waals surface area contributed by atoms with E-state index in [1.807, 2.05) is 0 Å². The van der Waals surface area contributed by atoms with Gasteiger partial charge in [-0.1, -0.05) is 0 Å². The molecule has 2 heterocycles. The Morgan fingerprint density at radius 1 is 1.40 bits per heavy atom. The Kier molecular flexibility index (Phi) is 5.09. The molecule has 0 saturated carbocycles. The van der Waals surface area contributed by atoms with Crippen molar-refractivity contribution < 1.29 is 37.8 Å². The zero-order chi connectivity index (χ0) is 19.1. The van der Waals surface area contributed by atoms with E-state index in [0.717, 1.165) is 4.90 Å². The minimum Gasteiger partial charge on any atom is -0.477 e. The Morgan fingerprint density at radius 2 is 2.00 bits per heavy atom. The number of β-lactam (4-membered cyclic amide) rings is 1. The van der Waals surface area contributed by atoms with E-state index in [9.17, 15) is 33.0 Å². The van der Waals surface area contributed by atoms with Gasteiger partial charge in [-0.2, -0.15) is 0 Å². The van der Waals surface area contributed by atoms with Gasteiger partial charge in [0.05, 0.1) is 29.1 Å². The van der Waals surface area contributed by atoms with Crippen molar-refractivity contribution in [2.45, 2.75) is 37.7 Å². The standard InChI is InChI=1S/C14H20N2O8S/c1-6(4-24-14(15)21)25(22,23)5-8-3-9-10(7(2)17)12(18)16(9)11(8)13(19)20/h6-7,9-10,17H,3-5H2,1-2H3,(H2,15,21)(H,19,20). The van der Waals surface area contributed by atoms with Gasteiger partial charge in [0.2, 0.25) is 5.91 Å². The number of fused-ring (bicyclic) bond motifs is 1. The number of carboxylic acids is 1. The number of hydrogen-bond acceptors (Lipinski definition) is 7. The Labute approximate surface area is 144 Å². The van der Waals surface area contributed by atoms with E-state index in [4.69, 9.17) is 5.73 Å². The molecule has 4 atom stereocenters. The third-order valence-electron chi connectivity index (χ3n) is 4.47. The second kappa shape index (κ2) is 6.64. The number of sulfone groups is 1. The zero-order valence-electron chi connectivity index (χ0n) is 13.7. The van der Waals surface area contributed by atoms with Crippen molar-refractivity contribution in [3.63, 3.8) is 0 Å². The van der Waals surface area contributed by atoms with E-state index in [1.54, 1.807) is 0 Å². The van der Waals surface area contributed by atoms with Crippen LogP contribution in [0.4, 0.5) is 4.79 Å². The lowest BCUT2D eigenvalue weighted by Crippen LogP contribution is -2.61. The van der Waals surface area contributed by atoms with Crippen LogP contribution in [0, 0.1) is 5.92 Å². The summed E-state index contributed by atoms with van der Waals surface area (Å²) in [6, 6.07) is -0.555. The van der Waals surface area contributed by atoms with Gasteiger partial charge < -0.3 is 25.6 Å². The number of hydrogen-bond donors (Lipinski definition) is 3. The van der Waals surface area contributed by atoms with Crippen molar-refractivity contribution in [3.8, 4) is 0 Å². The number of carbonyl (C=O) groups excluding carboxylic acids is 2. The molecule has 140 valence electrons. The molecule has 1 saturated heterocycles. The summed E-state index contributed by atoms with van der Waals surface area (Å²) in [6.45, 7) is 2.29. The first-order valence-corrected chi connectivity index (χ1v) is 9.29. The van der Waals surface area contributed by atoms with Crippen LogP contribution in [0.3, 0.4) is 0 Å². The number of aliphatic hydroxyl groups is 1. The summed E-state index contributed by atoms with van der Waals surface area (Å²) in [6.07, 6.45) is -2.00. The van der Waals surface area contributed by atoms with Crippen LogP contribution in [0.5, 0.6) is 0 Å². The number of nitrogens with zero attached hydrogens (tertiary/aromatic N) is 1. The van der Waals surface area contributed by atoms with Gasteiger partial charge in [0, 0.05) is 0 Å². The highest BCUT2D eigenvalue weighted by atomic mass is 32.2. The molecule has 10 nitrogen and oxygen atoms in total. The Bertz CT molecular complexity index is 742. The van der Waals surface area contributed by atoms with Crippen LogP contribution in [0.1, 0.15) is 20.3 Å². The normalized spacial score (nSPS) is 25.2. The second-order valence-electron chi connectivity index (χ2n) is 6.25. The SMILES string of the molecule is CC(O)C1C(=O)N2C(C(=O)O)=C(CS(=O)(=O)C(C)COC(N)=O)CC12. The van der Waals surface area contributed by atoms with Gasteiger partial charge in [-0.05, 0) is 25.8 Å². The third-order valence-corrected chi connectivity index (χ3v) is 6.58. The molecule has 4 N–H and O–H groups in total. The summed E-state index contributed by atoms with van der Waals surface area (Å²) < 4.78 is 29.3. The lowest BCUT2D eigenvalue weighted by molar-refractivity contribution is -0.161. The molecule has 2 aliphatic heterocycles. The maximum absolute atomic E-state index is 12.4. The van der Waals surface area contributed by atoms with Crippen LogP contribution >= 0.6 is 0 Å². The van der Waals surface area contributed by atoms with E-state index < -0.39 is 63.5 Å². The highest BCUT2D eigenvalue weighted by Crippen LogP contribution is 2.44. The molecule has 0 bridgehead atoms. The molecular formula is C14H20N2O8S. The Hall–Kier alpha value is -2.14. The van der Waals surface area contributed by atoms with Crippen molar-refractivity contribution >= 4 is 27.8 Å². The molecule has 25 heavy (non-hydrogen) atoms. The number of carboxylic acid groups (broad SMARTS) is 1. The second-order valence-corrected chi connectivity index (χ2v) is 8.67. The maximum Gasteiger partial charge on any atom is 0.404 e. The van der Waals surface area contributed by atoms with Crippen LogP contribution in [0.2, 0.25) is 0 Å². The number of ether oxygens (including phenoxy) is 1. The summed E-state index contributed by atoms with van der Waals surface area (Å²) in [5.74, 6) is -3.25. The van der Waals surface area contributed by atoms with E-state index in [-0.39, 0.29) is 17.7 Å². The summed E-state index contributed by atoms with van der Waals surface area (Å²) in [5, 5.41) is 17.9. The van der Waals surface area contributed by atoms with Crippen LogP contribution < -0.4 is 5.73 Å². The lowest BCUT2D eigenvalue weighted by atomic mass is 9.83. The van der Waals surface area contributed by atoms with Crippen molar-refractivity contribution in [1.29, 1.82) is 0 Å². The first-order valence-electron chi connectivity index (χ1n) is 7.57. The number of rotatable bonds is 7. The topological polar surface area (TPSA) is 164 Å². The molecule has 2 amide bonds. The lowest BCUT2D eigenvalue weighted by Gasteiger charge is -2.44. The molecule has 4 unspecified atom stereocenters. The maximum atomic E-state index is 12.4. The van der Waals surface area contributed by atoms with Gasteiger partial charge in [-0.3, -0.25) is 4.79 Å². The van der Waals surface area contributed by atoms with Crippen LogP contribution in [-0.4, -0.2) is 71.3 Å². The van der Waals surface area contributed by atoms with E-state index in [0.29, 0.717) is 0 Å². The summed E-state index contributed by atoms with van der Waals surface area (Å²) in [7, 11) is -3.83. The van der Waals surface area contributed by atoms with Gasteiger partial charge in [0.1, 0.15) is 12.3 Å². The van der Waals surface area contributed by atoms with Gasteiger partial charge in [-0.15, -0.1) is 0 Å². The predicted octanol–water partition coefficient (Wildman–Crippen LogP) is -1.16. The summed E-state index contributed by atoms with van der Waals surface area (Å²) >= 11 is 0. The molecule has 0 radical (unpaired) electrons. The highest BCUT2D eigenvalue weighted by Gasteiger charge is 2.56. The molecule has 0 aromatic heterocycles. The zero-order valence-corrected chi connectivity index (χ0v) is 14.5. The summed E-state index contributed by atoms with van der Waals surface area (Å²) in [4.78, 5) is 35.2. The largest absolute Gasteiger partial charge is 0.477 e. The van der Waals surface area contributed by atoms with Crippen molar-refractivity contribution in [2.24, 2.45) is 11.7 Å². The number of primary amides is 1. The fourth-order valence-corrected chi connectivity index (χ4v) is 4.48. The molecule has 0 aliphatic carbocycles. The fourth-order valence-electron chi connectivity index (χ4n) is 3.18. The van der Waals surface area contributed by atoms with Gasteiger partial charge >= 0.3 is 12.1 Å². The van der Waals surface area contributed by atoms with Gasteiger partial charge in [0.15, 0.2) is 9.84 Å². The number of carbonyl (C=O) groups is 3. The van der Waals surface area contributed by atoms with Crippen molar-refractivity contribution in [2.75, 3.05) is 12.4 Å². The molecule has 11 heteroatoms. The monoisotopic (exact) mass is 376 g/mol.